The molecule has 1 fully saturated rings. The first-order chi connectivity index (χ1) is 9.25. The summed E-state index contributed by atoms with van der Waals surface area (Å²) in [5.41, 5.74) is 1.04. The third kappa shape index (κ3) is 4.65. The van der Waals surface area contributed by atoms with E-state index in [-0.39, 0.29) is 12.1 Å². The number of esters is 1. The van der Waals surface area contributed by atoms with Crippen LogP contribution in [0.3, 0.4) is 0 Å². The van der Waals surface area contributed by atoms with Crippen LogP contribution in [0, 0.1) is 0 Å². The maximum atomic E-state index is 11.7. The Kier molecular flexibility index (Phi) is 5.36. The van der Waals surface area contributed by atoms with Gasteiger partial charge in [0, 0.05) is 6.61 Å². The molecule has 2 unspecified atom stereocenters. The van der Waals surface area contributed by atoms with Gasteiger partial charge in [-0.1, -0.05) is 30.3 Å². The Bertz CT molecular complexity index is 384. The minimum atomic E-state index is -0.554. The normalized spacial score (nSPS) is 20.2. The first kappa shape index (κ1) is 14.0. The molecule has 1 aliphatic rings. The Morgan fingerprint density at radius 1 is 1.42 bits per heavy atom. The van der Waals surface area contributed by atoms with Gasteiger partial charge in [0.25, 0.3) is 0 Å². The van der Waals surface area contributed by atoms with Gasteiger partial charge in [0.2, 0.25) is 0 Å². The van der Waals surface area contributed by atoms with Crippen LogP contribution in [0.15, 0.2) is 30.3 Å². The summed E-state index contributed by atoms with van der Waals surface area (Å²) in [5.74, 6) is -0.327. The van der Waals surface area contributed by atoms with Gasteiger partial charge in [-0.2, -0.15) is 0 Å². The van der Waals surface area contributed by atoms with E-state index in [1.54, 1.807) is 6.92 Å². The summed E-state index contributed by atoms with van der Waals surface area (Å²) < 4.78 is 16.1. The highest BCUT2D eigenvalue weighted by molar-refractivity contribution is 5.74. The average molecular weight is 264 g/mol. The van der Waals surface area contributed by atoms with Crippen LogP contribution in [0.25, 0.3) is 0 Å². The van der Waals surface area contributed by atoms with Gasteiger partial charge in [0.1, 0.15) is 6.61 Å². The molecule has 0 bridgehead atoms. The number of rotatable bonds is 6. The first-order valence-electron chi connectivity index (χ1n) is 6.69. The highest BCUT2D eigenvalue weighted by atomic mass is 16.6. The summed E-state index contributed by atoms with van der Waals surface area (Å²) in [4.78, 5) is 11.7. The number of hydrogen-bond donors (Lipinski definition) is 0. The van der Waals surface area contributed by atoms with E-state index in [4.69, 9.17) is 14.2 Å². The lowest BCUT2D eigenvalue weighted by Gasteiger charge is -2.15. The summed E-state index contributed by atoms with van der Waals surface area (Å²) in [6.45, 7) is 3.22. The molecule has 1 aromatic rings. The molecule has 104 valence electrons. The van der Waals surface area contributed by atoms with Crippen molar-refractivity contribution >= 4 is 5.97 Å². The fourth-order valence-corrected chi connectivity index (χ4v) is 1.93. The van der Waals surface area contributed by atoms with E-state index in [9.17, 15) is 4.79 Å². The molecule has 19 heavy (non-hydrogen) atoms. The summed E-state index contributed by atoms with van der Waals surface area (Å²) in [6.07, 6.45) is 1.52. The van der Waals surface area contributed by atoms with Gasteiger partial charge in [0.15, 0.2) is 6.10 Å². The second-order valence-corrected chi connectivity index (χ2v) is 4.70. The van der Waals surface area contributed by atoms with Crippen LogP contribution in [0.5, 0.6) is 0 Å². The van der Waals surface area contributed by atoms with E-state index in [0.29, 0.717) is 13.2 Å². The molecule has 1 aromatic carbocycles. The average Bonchev–Trinajstić information content (AvgIpc) is 2.96. The van der Waals surface area contributed by atoms with Crippen molar-refractivity contribution in [3.8, 4) is 0 Å². The van der Waals surface area contributed by atoms with Crippen LogP contribution in [0.4, 0.5) is 0 Å². The van der Waals surface area contributed by atoms with Crippen LogP contribution in [-0.4, -0.2) is 31.4 Å². The summed E-state index contributed by atoms with van der Waals surface area (Å²) in [6, 6.07) is 9.76. The third-order valence-corrected chi connectivity index (χ3v) is 3.11. The van der Waals surface area contributed by atoms with E-state index in [1.807, 2.05) is 30.3 Å². The highest BCUT2D eigenvalue weighted by Gasteiger charge is 2.20. The number of carbonyl (C=O) groups excluding carboxylic acids is 1. The predicted octanol–water partition coefficient (Wildman–Crippen LogP) is 2.31. The smallest absolute Gasteiger partial charge is 0.335 e. The third-order valence-electron chi connectivity index (χ3n) is 3.11. The van der Waals surface area contributed by atoms with Crippen molar-refractivity contribution in [1.82, 2.24) is 0 Å². The van der Waals surface area contributed by atoms with Crippen molar-refractivity contribution < 1.29 is 19.0 Å². The minimum absolute atomic E-state index is 0.0604. The molecule has 2 atom stereocenters. The molecule has 2 rings (SSSR count). The molecule has 1 heterocycles. The highest BCUT2D eigenvalue weighted by Crippen LogP contribution is 2.12. The zero-order chi connectivity index (χ0) is 13.5. The largest absolute Gasteiger partial charge is 0.461 e. The van der Waals surface area contributed by atoms with Crippen molar-refractivity contribution in [2.75, 3.05) is 13.2 Å². The number of carbonyl (C=O) groups is 1. The number of benzene rings is 1. The lowest BCUT2D eigenvalue weighted by molar-refractivity contribution is -0.159. The quantitative estimate of drug-likeness (QED) is 0.740. The maximum Gasteiger partial charge on any atom is 0.335 e. The van der Waals surface area contributed by atoms with Crippen molar-refractivity contribution in [3.05, 3.63) is 35.9 Å². The van der Waals surface area contributed by atoms with Gasteiger partial charge in [-0.25, -0.2) is 4.79 Å². The van der Waals surface area contributed by atoms with Crippen LogP contribution in [0.2, 0.25) is 0 Å². The van der Waals surface area contributed by atoms with Gasteiger partial charge >= 0.3 is 5.97 Å². The van der Waals surface area contributed by atoms with Crippen molar-refractivity contribution in [2.45, 2.75) is 38.6 Å². The molecular formula is C15H20O4. The lowest BCUT2D eigenvalue weighted by Crippen LogP contribution is -2.27. The fraction of sp³-hybridized carbons (Fsp3) is 0.533. The van der Waals surface area contributed by atoms with E-state index in [1.165, 1.54) is 0 Å². The summed E-state index contributed by atoms with van der Waals surface area (Å²) >= 11 is 0. The monoisotopic (exact) mass is 264 g/mol. The SMILES string of the molecule is CC(OCc1ccccc1)C(=O)OCC1CCCO1. The number of ether oxygens (including phenoxy) is 3. The summed E-state index contributed by atoms with van der Waals surface area (Å²) in [7, 11) is 0. The molecule has 0 amide bonds. The molecule has 0 N–H and O–H groups in total. The Labute approximate surface area is 113 Å². The Morgan fingerprint density at radius 3 is 2.89 bits per heavy atom. The molecule has 0 spiro atoms. The molecular weight excluding hydrogens is 244 g/mol. The molecule has 1 aliphatic heterocycles. The fourth-order valence-electron chi connectivity index (χ4n) is 1.93. The molecule has 0 aromatic heterocycles. The van der Waals surface area contributed by atoms with Crippen LogP contribution in [0.1, 0.15) is 25.3 Å². The van der Waals surface area contributed by atoms with Crippen LogP contribution < -0.4 is 0 Å². The number of hydrogen-bond acceptors (Lipinski definition) is 4. The van der Waals surface area contributed by atoms with E-state index in [2.05, 4.69) is 0 Å². The molecule has 4 nitrogen and oxygen atoms in total. The van der Waals surface area contributed by atoms with Crippen LogP contribution >= 0.6 is 0 Å². The Morgan fingerprint density at radius 2 is 2.21 bits per heavy atom. The minimum Gasteiger partial charge on any atom is -0.461 e. The van der Waals surface area contributed by atoms with Gasteiger partial charge in [-0.05, 0) is 25.3 Å². The first-order valence-corrected chi connectivity index (χ1v) is 6.69. The van der Waals surface area contributed by atoms with Crippen molar-refractivity contribution in [2.24, 2.45) is 0 Å². The maximum absolute atomic E-state index is 11.7. The second kappa shape index (κ2) is 7.26. The predicted molar refractivity (Wildman–Crippen MR) is 70.6 cm³/mol. The molecule has 0 radical (unpaired) electrons. The Balaban J connectivity index is 1.67. The van der Waals surface area contributed by atoms with Gasteiger partial charge in [-0.15, -0.1) is 0 Å². The van der Waals surface area contributed by atoms with Crippen LogP contribution in [-0.2, 0) is 25.6 Å². The van der Waals surface area contributed by atoms with Crippen molar-refractivity contribution in [3.63, 3.8) is 0 Å². The second-order valence-electron chi connectivity index (χ2n) is 4.70. The van der Waals surface area contributed by atoms with Crippen molar-refractivity contribution in [1.29, 1.82) is 0 Å². The van der Waals surface area contributed by atoms with E-state index >= 15 is 0 Å². The van der Waals surface area contributed by atoms with E-state index in [0.717, 1.165) is 25.0 Å². The zero-order valence-electron chi connectivity index (χ0n) is 11.2. The Hall–Kier alpha value is -1.39. The summed E-state index contributed by atoms with van der Waals surface area (Å²) in [5, 5.41) is 0. The van der Waals surface area contributed by atoms with Gasteiger partial charge in [0.05, 0.1) is 12.7 Å². The topological polar surface area (TPSA) is 44.8 Å². The lowest BCUT2D eigenvalue weighted by atomic mass is 10.2. The molecule has 1 saturated heterocycles. The van der Waals surface area contributed by atoms with Gasteiger partial charge < -0.3 is 14.2 Å². The molecule has 4 heteroatoms. The molecule has 0 saturated carbocycles. The van der Waals surface area contributed by atoms with Gasteiger partial charge in [-0.3, -0.25) is 0 Å². The zero-order valence-corrected chi connectivity index (χ0v) is 11.2. The standard InChI is InChI=1S/C15H20O4/c1-12(18-10-13-6-3-2-4-7-13)15(16)19-11-14-8-5-9-17-14/h2-4,6-7,12,14H,5,8-11H2,1H3. The van der Waals surface area contributed by atoms with E-state index < -0.39 is 6.10 Å². The molecule has 0 aliphatic carbocycles.